The molecule has 0 amide bonds. The fourth-order valence-corrected chi connectivity index (χ4v) is 4.98. The molecule has 0 saturated carbocycles. The van der Waals surface area contributed by atoms with E-state index in [9.17, 15) is 9.90 Å². The molecule has 1 aliphatic heterocycles. The van der Waals surface area contributed by atoms with Gasteiger partial charge < -0.3 is 9.84 Å². The van der Waals surface area contributed by atoms with Gasteiger partial charge in [0.1, 0.15) is 16.9 Å². The van der Waals surface area contributed by atoms with Crippen molar-refractivity contribution in [2.24, 2.45) is 10.9 Å². The standard InChI is InChI=1S/C23H25ClN4O3S/c1-12(10-29)11-31-19(30)9-18-22-27-26-15(4)28(22)23-20(13(2)14(3)32-23)21(25-18)16-5-7-17(24)8-6-16/h5-8,12,18,29H,9-11H2,1-4H3/t12?,18-/m0/s1. The maximum absolute atomic E-state index is 12.6. The number of ether oxygens (including phenoxy) is 1. The Bertz CT molecular complexity index is 1180. The number of nitrogens with zero attached hydrogens (tertiary/aromatic N) is 4. The number of aliphatic imine (C=N–C) groups is 1. The summed E-state index contributed by atoms with van der Waals surface area (Å²) in [6.45, 7) is 8.01. The van der Waals surface area contributed by atoms with Crippen LogP contribution in [0.2, 0.25) is 5.02 Å². The number of carbonyl (C=O) groups is 1. The molecule has 4 rings (SSSR count). The Labute approximate surface area is 195 Å². The highest BCUT2D eigenvalue weighted by Crippen LogP contribution is 2.39. The summed E-state index contributed by atoms with van der Waals surface area (Å²) >= 11 is 7.79. The Hall–Kier alpha value is -2.55. The maximum Gasteiger partial charge on any atom is 0.308 e. The Morgan fingerprint density at radius 1 is 1.25 bits per heavy atom. The molecule has 0 saturated heterocycles. The zero-order valence-electron chi connectivity index (χ0n) is 18.4. The van der Waals surface area contributed by atoms with E-state index in [1.165, 1.54) is 4.88 Å². The number of aliphatic hydroxyl groups is 1. The molecule has 3 heterocycles. The fraction of sp³-hybridized carbons (Fsp3) is 0.391. The van der Waals surface area contributed by atoms with Crippen molar-refractivity contribution in [3.8, 4) is 5.00 Å². The lowest BCUT2D eigenvalue weighted by atomic mass is 9.99. The van der Waals surface area contributed by atoms with Gasteiger partial charge in [0.2, 0.25) is 0 Å². The number of halogens is 1. The quantitative estimate of drug-likeness (QED) is 0.538. The summed E-state index contributed by atoms with van der Waals surface area (Å²) in [5, 5.41) is 19.5. The molecule has 168 valence electrons. The highest BCUT2D eigenvalue weighted by atomic mass is 35.5. The second-order valence-corrected chi connectivity index (χ2v) is 9.72. The number of carbonyl (C=O) groups excluding carboxylic acids is 1. The zero-order chi connectivity index (χ0) is 23.0. The molecule has 0 radical (unpaired) electrons. The van der Waals surface area contributed by atoms with Crippen LogP contribution in [0.4, 0.5) is 0 Å². The third-order valence-electron chi connectivity index (χ3n) is 5.56. The number of benzene rings is 1. The summed E-state index contributed by atoms with van der Waals surface area (Å²) in [5.74, 6) is 0.841. The summed E-state index contributed by atoms with van der Waals surface area (Å²) < 4.78 is 7.38. The molecule has 9 heteroatoms. The number of fused-ring (bicyclic) bond motifs is 3. The molecule has 0 fully saturated rings. The molecular weight excluding hydrogens is 448 g/mol. The van der Waals surface area contributed by atoms with Gasteiger partial charge in [-0.05, 0) is 38.5 Å². The van der Waals surface area contributed by atoms with Crippen LogP contribution in [0.25, 0.3) is 5.00 Å². The third kappa shape index (κ3) is 4.22. The second kappa shape index (κ2) is 9.13. The number of hydrogen-bond donors (Lipinski definition) is 1. The summed E-state index contributed by atoms with van der Waals surface area (Å²) in [6.07, 6.45) is 0.0281. The van der Waals surface area contributed by atoms with E-state index >= 15 is 0 Å². The number of esters is 1. The minimum absolute atomic E-state index is 0.0281. The van der Waals surface area contributed by atoms with E-state index in [2.05, 4.69) is 24.0 Å². The predicted molar refractivity (Wildman–Crippen MR) is 125 cm³/mol. The van der Waals surface area contributed by atoms with Crippen LogP contribution in [0.15, 0.2) is 29.3 Å². The predicted octanol–water partition coefficient (Wildman–Crippen LogP) is 4.36. The maximum atomic E-state index is 12.6. The SMILES string of the molecule is Cc1sc2c(c1C)C(c1ccc(Cl)cc1)=N[C@@H](CC(=O)OCC(C)CO)c1nnc(C)n1-2. The van der Waals surface area contributed by atoms with E-state index < -0.39 is 6.04 Å². The van der Waals surface area contributed by atoms with E-state index in [4.69, 9.17) is 21.3 Å². The van der Waals surface area contributed by atoms with Gasteiger partial charge in [-0.25, -0.2) is 0 Å². The lowest BCUT2D eigenvalue weighted by Gasteiger charge is -2.14. The molecule has 1 unspecified atom stereocenters. The Morgan fingerprint density at radius 2 is 1.97 bits per heavy atom. The first-order valence-corrected chi connectivity index (χ1v) is 11.6. The number of aromatic nitrogens is 3. The molecule has 7 nitrogen and oxygen atoms in total. The number of thiophene rings is 1. The minimum atomic E-state index is -0.557. The monoisotopic (exact) mass is 472 g/mol. The van der Waals surface area contributed by atoms with E-state index in [-0.39, 0.29) is 31.5 Å². The summed E-state index contributed by atoms with van der Waals surface area (Å²) in [5.41, 5.74) is 3.87. The lowest BCUT2D eigenvalue weighted by molar-refractivity contribution is -0.145. The normalized spacial score (nSPS) is 16.1. The second-order valence-electron chi connectivity index (χ2n) is 8.08. The van der Waals surface area contributed by atoms with Gasteiger partial charge in [0.25, 0.3) is 0 Å². The van der Waals surface area contributed by atoms with Crippen LogP contribution >= 0.6 is 22.9 Å². The van der Waals surface area contributed by atoms with Crippen molar-refractivity contribution in [2.75, 3.05) is 13.2 Å². The summed E-state index contributed by atoms with van der Waals surface area (Å²) in [6, 6.07) is 6.99. The van der Waals surface area contributed by atoms with Gasteiger partial charge >= 0.3 is 5.97 Å². The van der Waals surface area contributed by atoms with Crippen molar-refractivity contribution >= 4 is 34.6 Å². The van der Waals surface area contributed by atoms with Crippen LogP contribution < -0.4 is 0 Å². The fourth-order valence-electron chi connectivity index (χ4n) is 3.64. The van der Waals surface area contributed by atoms with E-state index in [0.29, 0.717) is 10.8 Å². The first-order chi connectivity index (χ1) is 15.3. The molecule has 0 bridgehead atoms. The first kappa shape index (κ1) is 22.6. The van der Waals surface area contributed by atoms with Gasteiger partial charge in [-0.3, -0.25) is 14.4 Å². The van der Waals surface area contributed by atoms with E-state index in [0.717, 1.165) is 33.2 Å². The van der Waals surface area contributed by atoms with Crippen molar-refractivity contribution in [1.82, 2.24) is 14.8 Å². The van der Waals surface area contributed by atoms with Gasteiger partial charge in [0.05, 0.1) is 18.7 Å². The van der Waals surface area contributed by atoms with Gasteiger partial charge in [0.15, 0.2) is 5.82 Å². The highest BCUT2D eigenvalue weighted by molar-refractivity contribution is 7.15. The topological polar surface area (TPSA) is 89.6 Å². The number of aliphatic hydroxyl groups excluding tert-OH is 1. The Balaban J connectivity index is 1.83. The molecule has 2 aromatic heterocycles. The van der Waals surface area contributed by atoms with E-state index in [1.807, 2.05) is 42.7 Å². The lowest BCUT2D eigenvalue weighted by Crippen LogP contribution is -2.17. The van der Waals surface area contributed by atoms with Gasteiger partial charge in [-0.2, -0.15) is 0 Å². The molecular formula is C23H25ClN4O3S. The van der Waals surface area contributed by atoms with Crippen LogP contribution in [0.1, 0.15) is 52.6 Å². The molecule has 0 aliphatic carbocycles. The first-order valence-electron chi connectivity index (χ1n) is 10.4. The van der Waals surface area contributed by atoms with Crippen LogP contribution in [0.3, 0.4) is 0 Å². The number of aryl methyl sites for hydroxylation is 2. The Morgan fingerprint density at radius 3 is 2.66 bits per heavy atom. The van der Waals surface area contributed by atoms with E-state index in [1.54, 1.807) is 11.3 Å². The zero-order valence-corrected chi connectivity index (χ0v) is 20.0. The average Bonchev–Trinajstić information content (AvgIpc) is 3.25. The number of rotatable bonds is 6. The smallest absolute Gasteiger partial charge is 0.308 e. The molecule has 1 aromatic carbocycles. The van der Waals surface area contributed by atoms with Crippen LogP contribution in [0.5, 0.6) is 0 Å². The minimum Gasteiger partial charge on any atom is -0.465 e. The van der Waals surface area contributed by atoms with Crippen LogP contribution in [-0.2, 0) is 9.53 Å². The van der Waals surface area contributed by atoms with Crippen molar-refractivity contribution < 1.29 is 14.6 Å². The van der Waals surface area contributed by atoms with Crippen LogP contribution in [-0.4, -0.2) is 44.8 Å². The molecule has 1 N–H and O–H groups in total. The largest absolute Gasteiger partial charge is 0.465 e. The van der Waals surface area contributed by atoms with Crippen molar-refractivity contribution in [1.29, 1.82) is 0 Å². The highest BCUT2D eigenvalue weighted by Gasteiger charge is 2.32. The molecule has 1 aliphatic rings. The molecule has 0 spiro atoms. The molecule has 2 atom stereocenters. The number of hydrogen-bond acceptors (Lipinski definition) is 7. The van der Waals surface area contributed by atoms with Gasteiger partial charge in [0, 0.05) is 33.6 Å². The van der Waals surface area contributed by atoms with Gasteiger partial charge in [-0.1, -0.05) is 30.7 Å². The van der Waals surface area contributed by atoms with Crippen molar-refractivity contribution in [3.63, 3.8) is 0 Å². The summed E-state index contributed by atoms with van der Waals surface area (Å²) in [4.78, 5) is 18.9. The van der Waals surface area contributed by atoms with Gasteiger partial charge in [-0.15, -0.1) is 21.5 Å². The third-order valence-corrected chi connectivity index (χ3v) is 7.00. The molecule has 32 heavy (non-hydrogen) atoms. The molecule has 3 aromatic rings. The van der Waals surface area contributed by atoms with Crippen molar-refractivity contribution in [3.05, 3.63) is 62.5 Å². The summed E-state index contributed by atoms with van der Waals surface area (Å²) in [7, 11) is 0. The van der Waals surface area contributed by atoms with Crippen molar-refractivity contribution in [2.45, 2.75) is 40.2 Å². The Kier molecular flexibility index (Phi) is 6.46. The average molecular weight is 473 g/mol. The van der Waals surface area contributed by atoms with Crippen LogP contribution in [0, 0.1) is 26.7 Å².